The van der Waals surface area contributed by atoms with Crippen LogP contribution in [0.2, 0.25) is 0 Å². The number of carbonyl (C=O) groups excluding carboxylic acids is 1. The van der Waals surface area contributed by atoms with Crippen molar-refractivity contribution in [3.8, 4) is 16.3 Å². The van der Waals surface area contributed by atoms with Crippen molar-refractivity contribution in [3.63, 3.8) is 0 Å². The van der Waals surface area contributed by atoms with Gasteiger partial charge in [-0.3, -0.25) is 4.79 Å². The van der Waals surface area contributed by atoms with Gasteiger partial charge < -0.3 is 15.0 Å². The summed E-state index contributed by atoms with van der Waals surface area (Å²) < 4.78 is 2.06. The molecule has 0 spiro atoms. The standard InChI is InChI=1S/C18H18BN3O2S/c1-11-6-16(17(24)20-10-19)12(2)22(11)8-14-9-25-18(21-14)13-4-3-5-15(23)7-13/h3-7,9,23H,8,10H2,1-2H3,(H,20,24). The Labute approximate surface area is 151 Å². The van der Waals surface area contributed by atoms with Crippen molar-refractivity contribution in [1.82, 2.24) is 14.9 Å². The summed E-state index contributed by atoms with van der Waals surface area (Å²) in [7, 11) is 5.39. The van der Waals surface area contributed by atoms with Gasteiger partial charge in [-0.05, 0) is 38.5 Å². The minimum atomic E-state index is -0.166. The Morgan fingerprint density at radius 2 is 2.16 bits per heavy atom. The molecular weight excluding hydrogens is 333 g/mol. The summed E-state index contributed by atoms with van der Waals surface area (Å²) >= 11 is 1.53. The number of benzene rings is 1. The van der Waals surface area contributed by atoms with Crippen LogP contribution in [-0.2, 0) is 6.54 Å². The van der Waals surface area contributed by atoms with Crippen LogP contribution in [0.15, 0.2) is 35.7 Å². The summed E-state index contributed by atoms with van der Waals surface area (Å²) in [6.07, 6.45) is 0.113. The number of nitrogens with zero attached hydrogens (tertiary/aromatic N) is 2. The Balaban J connectivity index is 1.85. The Morgan fingerprint density at radius 1 is 1.36 bits per heavy atom. The van der Waals surface area contributed by atoms with Gasteiger partial charge in [0.1, 0.15) is 10.8 Å². The zero-order valence-corrected chi connectivity index (χ0v) is 14.9. The van der Waals surface area contributed by atoms with Gasteiger partial charge >= 0.3 is 0 Å². The second kappa shape index (κ2) is 7.15. The van der Waals surface area contributed by atoms with Gasteiger partial charge in [-0.25, -0.2) is 4.98 Å². The molecule has 0 saturated heterocycles. The lowest BCUT2D eigenvalue weighted by Gasteiger charge is -2.08. The smallest absolute Gasteiger partial charge is 0.252 e. The van der Waals surface area contributed by atoms with Crippen LogP contribution in [0.25, 0.3) is 10.6 Å². The van der Waals surface area contributed by atoms with Gasteiger partial charge in [0.2, 0.25) is 0 Å². The second-order valence-corrected chi connectivity index (χ2v) is 6.63. The van der Waals surface area contributed by atoms with Crippen LogP contribution in [0.4, 0.5) is 0 Å². The molecule has 2 aromatic heterocycles. The Kier molecular flexibility index (Phi) is 4.94. The van der Waals surface area contributed by atoms with E-state index in [0.29, 0.717) is 12.1 Å². The lowest BCUT2D eigenvalue weighted by molar-refractivity contribution is 0.0959. The van der Waals surface area contributed by atoms with Gasteiger partial charge in [-0.15, -0.1) is 11.3 Å². The molecule has 7 heteroatoms. The number of aromatic nitrogens is 2. The first-order valence-corrected chi connectivity index (χ1v) is 8.76. The van der Waals surface area contributed by atoms with Gasteiger partial charge in [-0.1, -0.05) is 12.1 Å². The highest BCUT2D eigenvalue weighted by Crippen LogP contribution is 2.27. The van der Waals surface area contributed by atoms with Gasteiger partial charge in [-0.2, -0.15) is 0 Å². The number of hydrogen-bond donors (Lipinski definition) is 2. The van der Waals surface area contributed by atoms with Crippen LogP contribution in [0.3, 0.4) is 0 Å². The van der Waals surface area contributed by atoms with E-state index in [2.05, 4.69) is 14.9 Å². The van der Waals surface area contributed by atoms with E-state index in [4.69, 9.17) is 7.85 Å². The molecule has 0 fully saturated rings. The molecule has 0 unspecified atom stereocenters. The summed E-state index contributed by atoms with van der Waals surface area (Å²) in [5.41, 5.74) is 4.31. The van der Waals surface area contributed by atoms with Crippen molar-refractivity contribution in [2.75, 3.05) is 6.44 Å². The molecule has 3 rings (SSSR count). The van der Waals surface area contributed by atoms with Crippen molar-refractivity contribution in [2.24, 2.45) is 0 Å². The monoisotopic (exact) mass is 351 g/mol. The van der Waals surface area contributed by atoms with E-state index in [1.807, 2.05) is 31.4 Å². The largest absolute Gasteiger partial charge is 0.508 e. The average Bonchev–Trinajstić information content (AvgIpc) is 3.15. The van der Waals surface area contributed by atoms with Crippen molar-refractivity contribution >= 4 is 25.1 Å². The number of thiazole rings is 1. The highest BCUT2D eigenvalue weighted by Gasteiger charge is 2.16. The van der Waals surface area contributed by atoms with Gasteiger partial charge in [0.25, 0.3) is 5.91 Å². The molecule has 2 radical (unpaired) electrons. The number of aromatic hydroxyl groups is 1. The van der Waals surface area contributed by atoms with E-state index in [0.717, 1.165) is 27.7 Å². The van der Waals surface area contributed by atoms with Crippen molar-refractivity contribution in [1.29, 1.82) is 0 Å². The molecule has 5 nitrogen and oxygen atoms in total. The van der Waals surface area contributed by atoms with Crippen LogP contribution in [0.5, 0.6) is 5.75 Å². The number of phenolic OH excluding ortho intramolecular Hbond substituents is 1. The van der Waals surface area contributed by atoms with Crippen molar-refractivity contribution in [3.05, 3.63) is 58.4 Å². The Morgan fingerprint density at radius 3 is 2.88 bits per heavy atom. The van der Waals surface area contributed by atoms with E-state index in [1.165, 1.54) is 11.3 Å². The fraction of sp³-hybridized carbons (Fsp3) is 0.222. The van der Waals surface area contributed by atoms with E-state index in [1.54, 1.807) is 18.2 Å². The third kappa shape index (κ3) is 3.61. The summed E-state index contributed by atoms with van der Waals surface area (Å²) in [4.78, 5) is 16.7. The second-order valence-electron chi connectivity index (χ2n) is 5.78. The number of nitrogens with one attached hydrogen (secondary N) is 1. The molecule has 126 valence electrons. The molecule has 0 bridgehead atoms. The minimum Gasteiger partial charge on any atom is -0.508 e. The number of carbonyl (C=O) groups is 1. The zero-order valence-electron chi connectivity index (χ0n) is 14.1. The maximum absolute atomic E-state index is 12.1. The topological polar surface area (TPSA) is 67.2 Å². The minimum absolute atomic E-state index is 0.113. The molecule has 1 amide bonds. The van der Waals surface area contributed by atoms with Crippen LogP contribution < -0.4 is 5.32 Å². The average molecular weight is 351 g/mol. The summed E-state index contributed by atoms with van der Waals surface area (Å²) in [5, 5.41) is 15.1. The first-order valence-electron chi connectivity index (χ1n) is 7.88. The van der Waals surface area contributed by atoms with Gasteiger partial charge in [0.05, 0.1) is 25.6 Å². The number of rotatable bonds is 5. The van der Waals surface area contributed by atoms with Crippen LogP contribution in [-0.4, -0.2) is 34.9 Å². The molecule has 0 aliphatic heterocycles. The van der Waals surface area contributed by atoms with E-state index in [-0.39, 0.29) is 18.1 Å². The number of amides is 1. The molecule has 0 atom stereocenters. The first-order chi connectivity index (χ1) is 12.0. The fourth-order valence-corrected chi connectivity index (χ4v) is 3.58. The normalized spacial score (nSPS) is 10.8. The van der Waals surface area contributed by atoms with Gasteiger partial charge in [0, 0.05) is 22.3 Å². The number of aryl methyl sites for hydroxylation is 1. The third-order valence-corrected chi connectivity index (χ3v) is 4.99. The number of phenols is 1. The van der Waals surface area contributed by atoms with Crippen LogP contribution in [0.1, 0.15) is 27.4 Å². The van der Waals surface area contributed by atoms with Crippen LogP contribution in [0, 0.1) is 13.8 Å². The molecule has 3 aromatic rings. The quantitative estimate of drug-likeness (QED) is 0.695. The van der Waals surface area contributed by atoms with E-state index >= 15 is 0 Å². The highest BCUT2D eigenvalue weighted by molar-refractivity contribution is 7.13. The number of hydrogen-bond acceptors (Lipinski definition) is 4. The van der Waals surface area contributed by atoms with E-state index in [9.17, 15) is 9.90 Å². The zero-order chi connectivity index (χ0) is 18.0. The van der Waals surface area contributed by atoms with Crippen molar-refractivity contribution < 1.29 is 9.90 Å². The molecule has 2 N–H and O–H groups in total. The Bertz CT molecular complexity index is 917. The lowest BCUT2D eigenvalue weighted by Crippen LogP contribution is -2.24. The van der Waals surface area contributed by atoms with Crippen LogP contribution >= 0.6 is 11.3 Å². The first kappa shape index (κ1) is 17.3. The third-order valence-electron chi connectivity index (χ3n) is 4.05. The fourth-order valence-electron chi connectivity index (χ4n) is 2.78. The molecule has 0 aliphatic rings. The maximum atomic E-state index is 12.1. The van der Waals surface area contributed by atoms with Crippen molar-refractivity contribution in [2.45, 2.75) is 20.4 Å². The molecule has 0 saturated carbocycles. The van der Waals surface area contributed by atoms with E-state index < -0.39 is 0 Å². The van der Waals surface area contributed by atoms with Gasteiger partial charge in [0.15, 0.2) is 0 Å². The summed E-state index contributed by atoms with van der Waals surface area (Å²) in [5.74, 6) is 0.0579. The molecule has 0 aliphatic carbocycles. The predicted molar refractivity (Wildman–Crippen MR) is 100 cm³/mol. The molecular formula is C18H18BN3O2S. The maximum Gasteiger partial charge on any atom is 0.252 e. The Hall–Kier alpha value is -2.54. The summed E-state index contributed by atoms with van der Waals surface area (Å²) in [6.45, 7) is 4.47. The lowest BCUT2D eigenvalue weighted by atomic mass is 10.1. The molecule has 2 heterocycles. The summed E-state index contributed by atoms with van der Waals surface area (Å²) in [6, 6.07) is 8.92. The molecule has 1 aromatic carbocycles. The molecule has 25 heavy (non-hydrogen) atoms. The SMILES string of the molecule is [B]CNC(=O)c1cc(C)n(Cc2csc(-c3cccc(O)c3)n2)c1C. The predicted octanol–water partition coefficient (Wildman–Crippen LogP) is 2.84. The highest BCUT2D eigenvalue weighted by atomic mass is 32.1.